The second kappa shape index (κ2) is 4.92. The fourth-order valence-electron chi connectivity index (χ4n) is 3.12. The van der Waals surface area contributed by atoms with Crippen molar-refractivity contribution in [3.63, 3.8) is 0 Å². The molecule has 118 valence electrons. The van der Waals surface area contributed by atoms with Crippen molar-refractivity contribution in [3.05, 3.63) is 0 Å². The van der Waals surface area contributed by atoms with E-state index < -0.39 is 23.5 Å². The molecule has 0 amide bonds. The number of ether oxygens (including phenoxy) is 6. The third-order valence-electron chi connectivity index (χ3n) is 3.83. The molecule has 3 heterocycles. The van der Waals surface area contributed by atoms with Crippen LogP contribution >= 0.6 is 0 Å². The molecule has 4 atom stereocenters. The average Bonchev–Trinajstić information content (AvgIpc) is 2.85. The van der Waals surface area contributed by atoms with Crippen molar-refractivity contribution < 1.29 is 28.4 Å². The molecule has 0 saturated carbocycles. The van der Waals surface area contributed by atoms with Crippen LogP contribution in [0.1, 0.15) is 27.7 Å². The third-order valence-corrected chi connectivity index (χ3v) is 3.83. The van der Waals surface area contributed by atoms with Crippen LogP contribution in [0.5, 0.6) is 0 Å². The topological polar surface area (TPSA) is 55.4 Å². The summed E-state index contributed by atoms with van der Waals surface area (Å²) >= 11 is 0. The van der Waals surface area contributed by atoms with Crippen LogP contribution in [-0.2, 0) is 28.4 Å². The molecule has 6 heteroatoms. The molecular formula is C15H22O6. The Balaban J connectivity index is 1.86. The van der Waals surface area contributed by atoms with Gasteiger partial charge in [-0.3, -0.25) is 0 Å². The molecule has 0 aromatic rings. The zero-order chi connectivity index (χ0) is 15.3. The van der Waals surface area contributed by atoms with Crippen LogP contribution in [-0.4, -0.2) is 55.5 Å². The Morgan fingerprint density at radius 2 is 1.90 bits per heavy atom. The zero-order valence-electron chi connectivity index (χ0n) is 12.9. The van der Waals surface area contributed by atoms with Gasteiger partial charge >= 0.3 is 0 Å². The monoisotopic (exact) mass is 298 g/mol. The minimum absolute atomic E-state index is 0.145. The summed E-state index contributed by atoms with van der Waals surface area (Å²) in [6.07, 6.45) is 4.30. The van der Waals surface area contributed by atoms with Crippen LogP contribution < -0.4 is 0 Å². The normalized spacial score (nSPS) is 43.7. The second-order valence-electron chi connectivity index (χ2n) is 6.49. The van der Waals surface area contributed by atoms with Gasteiger partial charge in [0.05, 0.1) is 6.61 Å². The largest absolute Gasteiger partial charge is 0.357 e. The lowest BCUT2D eigenvalue weighted by molar-refractivity contribution is -0.332. The molecule has 0 aromatic heterocycles. The molecule has 0 N–H and O–H groups in total. The van der Waals surface area contributed by atoms with Crippen molar-refractivity contribution in [2.75, 3.05) is 19.8 Å². The maximum absolute atomic E-state index is 5.99. The quantitative estimate of drug-likeness (QED) is 0.710. The highest BCUT2D eigenvalue weighted by Gasteiger charge is 2.63. The summed E-state index contributed by atoms with van der Waals surface area (Å²) in [5.74, 6) is 0.0434. The van der Waals surface area contributed by atoms with E-state index in [4.69, 9.17) is 34.8 Å². The molecule has 0 aliphatic carbocycles. The van der Waals surface area contributed by atoms with Gasteiger partial charge in [-0.15, -0.1) is 6.42 Å². The van der Waals surface area contributed by atoms with Crippen molar-refractivity contribution in [2.45, 2.75) is 63.4 Å². The summed E-state index contributed by atoms with van der Waals surface area (Å²) in [5.41, 5.74) is 0. The van der Waals surface area contributed by atoms with Crippen molar-refractivity contribution in [1.29, 1.82) is 0 Å². The number of terminal acetylenes is 1. The second-order valence-corrected chi connectivity index (χ2v) is 6.49. The molecule has 1 spiro atoms. The first kappa shape index (κ1) is 15.2. The van der Waals surface area contributed by atoms with E-state index in [1.807, 2.05) is 27.7 Å². The van der Waals surface area contributed by atoms with Crippen LogP contribution in [0.25, 0.3) is 0 Å². The lowest BCUT2D eigenvalue weighted by atomic mass is 9.97. The number of hydrogen-bond donors (Lipinski definition) is 0. The Bertz CT molecular complexity index is 452. The van der Waals surface area contributed by atoms with Crippen molar-refractivity contribution in [1.82, 2.24) is 0 Å². The summed E-state index contributed by atoms with van der Waals surface area (Å²) in [6.45, 7) is 8.19. The first-order chi connectivity index (χ1) is 9.77. The Hall–Kier alpha value is -0.680. The summed E-state index contributed by atoms with van der Waals surface area (Å²) in [4.78, 5) is 0. The van der Waals surface area contributed by atoms with Gasteiger partial charge in [-0.2, -0.15) is 0 Å². The van der Waals surface area contributed by atoms with E-state index in [9.17, 15) is 0 Å². The molecule has 3 aliphatic rings. The van der Waals surface area contributed by atoms with Gasteiger partial charge in [-0.1, -0.05) is 5.92 Å². The highest BCUT2D eigenvalue weighted by atomic mass is 16.9. The van der Waals surface area contributed by atoms with E-state index in [1.54, 1.807) is 0 Å². The highest BCUT2D eigenvalue weighted by Crippen LogP contribution is 2.45. The standard InChI is InChI=1S/C15H22O6/c1-6-7-16-12-11-10(19-14(4,5)20-11)8-17-15(12)9-18-13(2,3)21-15/h1,10-12H,7-9H2,2-5H3/t10-,11-,12+,15+/m1/s1. The van der Waals surface area contributed by atoms with Crippen molar-refractivity contribution >= 4 is 0 Å². The molecule has 3 rings (SSSR count). The molecule has 3 fully saturated rings. The third kappa shape index (κ3) is 2.70. The molecule has 3 saturated heterocycles. The van der Waals surface area contributed by atoms with Crippen LogP contribution in [0.3, 0.4) is 0 Å². The Labute approximate surface area is 125 Å². The molecule has 0 radical (unpaired) electrons. The molecule has 6 nitrogen and oxygen atoms in total. The summed E-state index contributed by atoms with van der Waals surface area (Å²) < 4.78 is 35.2. The highest BCUT2D eigenvalue weighted by molar-refractivity contribution is 5.02. The van der Waals surface area contributed by atoms with Gasteiger partial charge in [0.1, 0.15) is 31.5 Å². The van der Waals surface area contributed by atoms with Crippen molar-refractivity contribution in [2.24, 2.45) is 0 Å². The van der Waals surface area contributed by atoms with Gasteiger partial charge in [0, 0.05) is 0 Å². The molecule has 21 heavy (non-hydrogen) atoms. The molecule has 0 unspecified atom stereocenters. The number of rotatable bonds is 2. The average molecular weight is 298 g/mol. The summed E-state index contributed by atoms with van der Waals surface area (Å²) in [7, 11) is 0. The SMILES string of the molecule is C#CCO[C@H]1[C@@H]2OC(C)(C)O[C@@H]2CO[C@]12COC(C)(C)O2. The predicted molar refractivity (Wildman–Crippen MR) is 72.2 cm³/mol. The fourth-order valence-corrected chi connectivity index (χ4v) is 3.12. The van der Waals surface area contributed by atoms with Gasteiger partial charge in [0.2, 0.25) is 5.79 Å². The van der Waals surface area contributed by atoms with Crippen LogP contribution in [0.15, 0.2) is 0 Å². The maximum atomic E-state index is 5.99. The Morgan fingerprint density at radius 1 is 1.14 bits per heavy atom. The van der Waals surface area contributed by atoms with Gasteiger partial charge in [0.25, 0.3) is 0 Å². The lowest BCUT2D eigenvalue weighted by Crippen LogP contribution is -2.62. The maximum Gasteiger partial charge on any atom is 0.224 e. The van der Waals surface area contributed by atoms with E-state index in [2.05, 4.69) is 5.92 Å². The minimum atomic E-state index is -1.01. The molecule has 0 aromatic carbocycles. The van der Waals surface area contributed by atoms with E-state index >= 15 is 0 Å². The van der Waals surface area contributed by atoms with E-state index in [1.165, 1.54) is 0 Å². The molecule has 3 aliphatic heterocycles. The van der Waals surface area contributed by atoms with Gasteiger partial charge in [-0.25, -0.2) is 0 Å². The summed E-state index contributed by atoms with van der Waals surface area (Å²) in [5, 5.41) is 0. The van der Waals surface area contributed by atoms with Crippen LogP contribution in [0.2, 0.25) is 0 Å². The minimum Gasteiger partial charge on any atom is -0.357 e. The molecular weight excluding hydrogens is 276 g/mol. The van der Waals surface area contributed by atoms with Crippen molar-refractivity contribution in [3.8, 4) is 12.3 Å². The van der Waals surface area contributed by atoms with E-state index in [0.717, 1.165) is 0 Å². The molecule has 0 bridgehead atoms. The number of fused-ring (bicyclic) bond motifs is 1. The zero-order valence-corrected chi connectivity index (χ0v) is 12.9. The smallest absolute Gasteiger partial charge is 0.224 e. The Kier molecular flexibility index (Phi) is 3.56. The first-order valence-electron chi connectivity index (χ1n) is 7.16. The predicted octanol–water partition coefficient (Wildman–Crippen LogP) is 1.03. The van der Waals surface area contributed by atoms with E-state index in [-0.39, 0.29) is 25.4 Å². The van der Waals surface area contributed by atoms with Crippen LogP contribution in [0.4, 0.5) is 0 Å². The number of hydrogen-bond acceptors (Lipinski definition) is 6. The Morgan fingerprint density at radius 3 is 2.52 bits per heavy atom. The van der Waals surface area contributed by atoms with Gasteiger partial charge in [0.15, 0.2) is 11.6 Å². The van der Waals surface area contributed by atoms with E-state index in [0.29, 0.717) is 6.61 Å². The van der Waals surface area contributed by atoms with Gasteiger partial charge < -0.3 is 28.4 Å². The lowest BCUT2D eigenvalue weighted by Gasteiger charge is -2.43. The first-order valence-corrected chi connectivity index (χ1v) is 7.16. The summed E-state index contributed by atoms with van der Waals surface area (Å²) in [6, 6.07) is 0. The van der Waals surface area contributed by atoms with Crippen LogP contribution in [0, 0.1) is 12.3 Å². The van der Waals surface area contributed by atoms with Gasteiger partial charge in [-0.05, 0) is 27.7 Å². The fraction of sp³-hybridized carbons (Fsp3) is 0.867.